The predicted molar refractivity (Wildman–Crippen MR) is 71.4 cm³/mol. The first-order chi connectivity index (χ1) is 8.11. The Balaban J connectivity index is 2.33. The summed E-state index contributed by atoms with van der Waals surface area (Å²) in [6.45, 7) is 5.35. The summed E-state index contributed by atoms with van der Waals surface area (Å²) in [5.74, 6) is 0.794. The van der Waals surface area contributed by atoms with Gasteiger partial charge in [0.05, 0.1) is 11.3 Å². The maximum Gasteiger partial charge on any atom is 0.101 e. The molecule has 2 nitrogen and oxygen atoms in total. The monoisotopic (exact) mass is 248 g/mol. The summed E-state index contributed by atoms with van der Waals surface area (Å²) < 4.78 is 0. The lowest BCUT2D eigenvalue weighted by atomic mass is 10.1. The third-order valence-corrected chi connectivity index (χ3v) is 3.40. The van der Waals surface area contributed by atoms with E-state index in [2.05, 4.69) is 24.8 Å². The number of nitriles is 1. The molecule has 0 aromatic heterocycles. The van der Waals surface area contributed by atoms with E-state index < -0.39 is 0 Å². The van der Waals surface area contributed by atoms with Crippen molar-refractivity contribution in [3.05, 3.63) is 28.8 Å². The van der Waals surface area contributed by atoms with Crippen molar-refractivity contribution in [3.8, 4) is 6.07 Å². The molecule has 0 saturated heterocycles. The number of halogens is 1. The molecule has 0 spiro atoms. The average Bonchev–Trinajstić information content (AvgIpc) is 3.09. The first kappa shape index (κ1) is 12.3. The third kappa shape index (κ3) is 2.92. The van der Waals surface area contributed by atoms with Crippen LogP contribution < -0.4 is 4.90 Å². The first-order valence-corrected chi connectivity index (χ1v) is 6.46. The summed E-state index contributed by atoms with van der Waals surface area (Å²) in [6, 6.07) is 8.13. The van der Waals surface area contributed by atoms with Crippen LogP contribution >= 0.6 is 11.6 Å². The van der Waals surface area contributed by atoms with Gasteiger partial charge in [-0.25, -0.2) is 0 Å². The van der Waals surface area contributed by atoms with Gasteiger partial charge in [-0.1, -0.05) is 11.6 Å². The minimum Gasteiger partial charge on any atom is -0.368 e. The zero-order valence-electron chi connectivity index (χ0n) is 10.3. The molecule has 0 bridgehead atoms. The van der Waals surface area contributed by atoms with Crippen LogP contribution in [0.4, 0.5) is 5.69 Å². The van der Waals surface area contributed by atoms with E-state index in [1.54, 1.807) is 12.1 Å². The standard InChI is InChI=1S/C14H17ClN2/c1-10(2)17(9-11-3-4-11)14-7-13(15)6-5-12(14)8-16/h5-7,10-11H,3-4,9H2,1-2H3. The largest absolute Gasteiger partial charge is 0.368 e. The minimum atomic E-state index is 0.390. The van der Waals surface area contributed by atoms with E-state index in [9.17, 15) is 0 Å². The van der Waals surface area contributed by atoms with E-state index in [4.69, 9.17) is 16.9 Å². The van der Waals surface area contributed by atoms with Gasteiger partial charge < -0.3 is 4.90 Å². The van der Waals surface area contributed by atoms with Gasteiger partial charge >= 0.3 is 0 Å². The van der Waals surface area contributed by atoms with Gasteiger partial charge in [0.15, 0.2) is 0 Å². The first-order valence-electron chi connectivity index (χ1n) is 6.08. The minimum absolute atomic E-state index is 0.390. The Morgan fingerprint density at radius 1 is 1.47 bits per heavy atom. The third-order valence-electron chi connectivity index (χ3n) is 3.16. The van der Waals surface area contributed by atoms with Crippen LogP contribution in [0.15, 0.2) is 18.2 Å². The second-order valence-electron chi connectivity index (χ2n) is 4.96. The predicted octanol–water partition coefficient (Wildman–Crippen LogP) is 3.84. The fourth-order valence-electron chi connectivity index (χ4n) is 2.00. The van der Waals surface area contributed by atoms with E-state index in [1.165, 1.54) is 12.8 Å². The van der Waals surface area contributed by atoms with Crippen molar-refractivity contribution in [1.82, 2.24) is 0 Å². The molecule has 1 saturated carbocycles. The molecular weight excluding hydrogens is 232 g/mol. The Labute approximate surface area is 108 Å². The summed E-state index contributed by atoms with van der Waals surface area (Å²) in [4.78, 5) is 2.29. The lowest BCUT2D eigenvalue weighted by Crippen LogP contribution is -2.33. The molecule has 1 aliphatic carbocycles. The smallest absolute Gasteiger partial charge is 0.101 e. The zero-order chi connectivity index (χ0) is 12.4. The van der Waals surface area contributed by atoms with Crippen LogP contribution in [0.5, 0.6) is 0 Å². The molecule has 0 N–H and O–H groups in total. The van der Waals surface area contributed by atoms with Crippen LogP contribution in [0, 0.1) is 17.2 Å². The molecule has 0 unspecified atom stereocenters. The summed E-state index contributed by atoms with van der Waals surface area (Å²) in [5.41, 5.74) is 1.69. The highest BCUT2D eigenvalue weighted by Gasteiger charge is 2.26. The van der Waals surface area contributed by atoms with Crippen molar-refractivity contribution in [2.45, 2.75) is 32.7 Å². The van der Waals surface area contributed by atoms with Crippen molar-refractivity contribution < 1.29 is 0 Å². The Morgan fingerprint density at radius 3 is 2.71 bits per heavy atom. The van der Waals surface area contributed by atoms with Gasteiger partial charge in [-0.3, -0.25) is 0 Å². The number of nitrogens with zero attached hydrogens (tertiary/aromatic N) is 2. The molecule has 0 aliphatic heterocycles. The quantitative estimate of drug-likeness (QED) is 0.810. The SMILES string of the molecule is CC(C)N(CC1CC1)c1cc(Cl)ccc1C#N. The summed E-state index contributed by atoms with van der Waals surface area (Å²) in [5, 5.41) is 9.86. The Morgan fingerprint density at radius 2 is 2.18 bits per heavy atom. The van der Waals surface area contributed by atoms with Gasteiger partial charge in [-0.2, -0.15) is 5.26 Å². The highest BCUT2D eigenvalue weighted by Crippen LogP contribution is 2.34. The van der Waals surface area contributed by atoms with Crippen LogP contribution in [0.1, 0.15) is 32.3 Å². The van der Waals surface area contributed by atoms with Gasteiger partial charge in [0.25, 0.3) is 0 Å². The Kier molecular flexibility index (Phi) is 3.59. The molecule has 1 fully saturated rings. The number of rotatable bonds is 4. The van der Waals surface area contributed by atoms with Crippen LogP contribution in [-0.2, 0) is 0 Å². The van der Waals surface area contributed by atoms with Gasteiger partial charge in [0.2, 0.25) is 0 Å². The Hall–Kier alpha value is -1.20. The van der Waals surface area contributed by atoms with E-state index in [1.807, 2.05) is 6.07 Å². The summed E-state index contributed by atoms with van der Waals surface area (Å²) in [7, 11) is 0. The number of anilines is 1. The maximum atomic E-state index is 9.17. The van der Waals surface area contributed by atoms with Crippen LogP contribution in [-0.4, -0.2) is 12.6 Å². The van der Waals surface area contributed by atoms with Crippen molar-refractivity contribution in [2.75, 3.05) is 11.4 Å². The molecule has 17 heavy (non-hydrogen) atoms. The average molecular weight is 249 g/mol. The molecule has 1 aromatic carbocycles. The number of hydrogen-bond acceptors (Lipinski definition) is 2. The topological polar surface area (TPSA) is 27.0 Å². The summed E-state index contributed by atoms with van der Waals surface area (Å²) >= 11 is 6.04. The van der Waals surface area contributed by atoms with Gasteiger partial charge in [-0.15, -0.1) is 0 Å². The Bertz CT molecular complexity index is 444. The summed E-state index contributed by atoms with van der Waals surface area (Å²) in [6.07, 6.45) is 2.62. The van der Waals surface area contributed by atoms with E-state index in [0.29, 0.717) is 16.6 Å². The molecule has 0 heterocycles. The lowest BCUT2D eigenvalue weighted by molar-refractivity contribution is 0.644. The zero-order valence-corrected chi connectivity index (χ0v) is 11.0. The normalized spacial score (nSPS) is 14.8. The maximum absolute atomic E-state index is 9.17. The van der Waals surface area contributed by atoms with E-state index in [-0.39, 0.29) is 0 Å². The van der Waals surface area contributed by atoms with E-state index in [0.717, 1.165) is 18.2 Å². The molecule has 1 aromatic rings. The fraction of sp³-hybridized carbons (Fsp3) is 0.500. The highest BCUT2D eigenvalue weighted by atomic mass is 35.5. The highest BCUT2D eigenvalue weighted by molar-refractivity contribution is 6.30. The van der Waals surface area contributed by atoms with Crippen LogP contribution in [0.3, 0.4) is 0 Å². The van der Waals surface area contributed by atoms with Crippen molar-refractivity contribution in [2.24, 2.45) is 5.92 Å². The number of hydrogen-bond donors (Lipinski definition) is 0. The van der Waals surface area contributed by atoms with E-state index >= 15 is 0 Å². The second-order valence-corrected chi connectivity index (χ2v) is 5.40. The van der Waals surface area contributed by atoms with Crippen LogP contribution in [0.25, 0.3) is 0 Å². The molecule has 0 radical (unpaired) electrons. The molecule has 0 amide bonds. The molecule has 3 heteroatoms. The fourth-order valence-corrected chi connectivity index (χ4v) is 2.17. The lowest BCUT2D eigenvalue weighted by Gasteiger charge is -2.30. The van der Waals surface area contributed by atoms with Gasteiger partial charge in [0, 0.05) is 17.6 Å². The van der Waals surface area contributed by atoms with Crippen molar-refractivity contribution in [1.29, 1.82) is 5.26 Å². The van der Waals surface area contributed by atoms with Crippen molar-refractivity contribution >= 4 is 17.3 Å². The van der Waals surface area contributed by atoms with Gasteiger partial charge in [-0.05, 0) is 50.8 Å². The number of benzene rings is 1. The van der Waals surface area contributed by atoms with Gasteiger partial charge in [0.1, 0.15) is 6.07 Å². The molecule has 90 valence electrons. The van der Waals surface area contributed by atoms with Crippen molar-refractivity contribution in [3.63, 3.8) is 0 Å². The van der Waals surface area contributed by atoms with Crippen LogP contribution in [0.2, 0.25) is 5.02 Å². The molecular formula is C14H17ClN2. The second kappa shape index (κ2) is 4.98. The molecule has 1 aliphatic rings. The molecule has 2 rings (SSSR count). The molecule has 0 atom stereocenters.